The van der Waals surface area contributed by atoms with Gasteiger partial charge in [-0.1, -0.05) is 31.6 Å². The first-order valence-corrected chi connectivity index (χ1v) is 15.3. The van der Waals surface area contributed by atoms with Crippen molar-refractivity contribution in [2.24, 2.45) is 5.92 Å². The van der Waals surface area contributed by atoms with Crippen molar-refractivity contribution < 1.29 is 32.1 Å². The minimum atomic E-state index is -1.02. The molecule has 1 atom stereocenters. The van der Waals surface area contributed by atoms with Gasteiger partial charge in [-0.2, -0.15) is 4.39 Å². The molecule has 2 aromatic carbocycles. The Morgan fingerprint density at radius 2 is 1.46 bits per heavy atom. The van der Waals surface area contributed by atoms with E-state index in [1.165, 1.54) is 12.1 Å². The van der Waals surface area contributed by atoms with Gasteiger partial charge in [-0.05, 0) is 112 Å². The van der Waals surface area contributed by atoms with Gasteiger partial charge in [0.15, 0.2) is 23.2 Å². The largest absolute Gasteiger partial charge is 0.490 e. The van der Waals surface area contributed by atoms with Gasteiger partial charge >= 0.3 is 0 Å². The van der Waals surface area contributed by atoms with E-state index in [1.54, 1.807) is 18.2 Å². The van der Waals surface area contributed by atoms with Gasteiger partial charge in [-0.15, -0.1) is 6.58 Å². The molecule has 41 heavy (non-hydrogen) atoms. The molecule has 2 saturated carbocycles. The zero-order valence-electron chi connectivity index (χ0n) is 24.2. The predicted molar refractivity (Wildman–Crippen MR) is 153 cm³/mol. The SMILES string of the molecule is C=CCCCOc1ccc(COC2CCC(c3ccc(C4CCC(C(O)CCC)CC4)c(F)c3F)CC2)c(F)c1F. The summed E-state index contributed by atoms with van der Waals surface area (Å²) in [6.45, 7) is 5.89. The molecule has 4 rings (SSSR count). The van der Waals surface area contributed by atoms with E-state index >= 15 is 8.78 Å². The normalized spacial score (nSPS) is 23.8. The van der Waals surface area contributed by atoms with Crippen LogP contribution in [-0.2, 0) is 11.3 Å². The topological polar surface area (TPSA) is 38.7 Å². The van der Waals surface area contributed by atoms with E-state index in [2.05, 4.69) is 13.5 Å². The van der Waals surface area contributed by atoms with Crippen LogP contribution in [-0.4, -0.2) is 23.9 Å². The molecule has 0 aliphatic heterocycles. The number of allylic oxidation sites excluding steroid dienone is 1. The van der Waals surface area contributed by atoms with Crippen molar-refractivity contribution in [1.82, 2.24) is 0 Å². The number of ether oxygens (including phenoxy) is 2. The quantitative estimate of drug-likeness (QED) is 0.147. The van der Waals surface area contributed by atoms with Crippen molar-refractivity contribution in [3.05, 3.63) is 76.9 Å². The molecule has 2 fully saturated rings. The van der Waals surface area contributed by atoms with Crippen molar-refractivity contribution in [2.75, 3.05) is 6.61 Å². The molecule has 0 saturated heterocycles. The van der Waals surface area contributed by atoms with E-state index in [0.29, 0.717) is 43.2 Å². The fourth-order valence-corrected chi connectivity index (χ4v) is 6.51. The maximum atomic E-state index is 15.3. The Morgan fingerprint density at radius 3 is 2.05 bits per heavy atom. The molecule has 0 spiro atoms. The molecular formula is C34H44F4O3. The second kappa shape index (κ2) is 15.2. The number of hydrogen-bond acceptors (Lipinski definition) is 3. The first-order valence-electron chi connectivity index (χ1n) is 15.3. The summed E-state index contributed by atoms with van der Waals surface area (Å²) >= 11 is 0. The fraction of sp³-hybridized carbons (Fsp3) is 0.588. The van der Waals surface area contributed by atoms with Crippen LogP contribution in [0.25, 0.3) is 0 Å². The maximum Gasteiger partial charge on any atom is 0.200 e. The van der Waals surface area contributed by atoms with Crippen LogP contribution >= 0.6 is 0 Å². The number of unbranched alkanes of at least 4 members (excludes halogenated alkanes) is 1. The second-order valence-corrected chi connectivity index (χ2v) is 11.8. The van der Waals surface area contributed by atoms with Crippen LogP contribution in [0, 0.1) is 29.2 Å². The first-order chi connectivity index (χ1) is 19.8. The number of benzene rings is 2. The molecule has 1 unspecified atom stereocenters. The summed E-state index contributed by atoms with van der Waals surface area (Å²) in [4.78, 5) is 0. The van der Waals surface area contributed by atoms with Crippen molar-refractivity contribution >= 4 is 0 Å². The minimum Gasteiger partial charge on any atom is -0.490 e. The van der Waals surface area contributed by atoms with Gasteiger partial charge in [0.2, 0.25) is 5.82 Å². The van der Waals surface area contributed by atoms with E-state index in [-0.39, 0.29) is 54.5 Å². The van der Waals surface area contributed by atoms with Crippen molar-refractivity contribution in [1.29, 1.82) is 0 Å². The van der Waals surface area contributed by atoms with E-state index in [0.717, 1.165) is 44.9 Å². The fourth-order valence-electron chi connectivity index (χ4n) is 6.51. The van der Waals surface area contributed by atoms with E-state index < -0.39 is 23.3 Å². The maximum absolute atomic E-state index is 15.3. The summed E-state index contributed by atoms with van der Waals surface area (Å²) in [5.74, 6) is -3.46. The Labute approximate surface area is 241 Å². The molecule has 0 amide bonds. The first kappa shape index (κ1) is 31.6. The third-order valence-corrected chi connectivity index (χ3v) is 9.01. The van der Waals surface area contributed by atoms with Gasteiger partial charge < -0.3 is 14.6 Å². The Kier molecular flexibility index (Phi) is 11.7. The van der Waals surface area contributed by atoms with Crippen molar-refractivity contribution in [3.63, 3.8) is 0 Å². The summed E-state index contributed by atoms with van der Waals surface area (Å²) < 4.78 is 70.7. The third kappa shape index (κ3) is 7.92. The monoisotopic (exact) mass is 576 g/mol. The average molecular weight is 577 g/mol. The molecule has 0 aromatic heterocycles. The molecule has 0 radical (unpaired) electrons. The average Bonchev–Trinajstić information content (AvgIpc) is 2.99. The van der Waals surface area contributed by atoms with Crippen LogP contribution in [0.5, 0.6) is 5.75 Å². The van der Waals surface area contributed by atoms with Gasteiger partial charge in [-0.3, -0.25) is 0 Å². The summed E-state index contributed by atoms with van der Waals surface area (Å²) in [5.41, 5.74) is 0.989. The Balaban J connectivity index is 1.27. The van der Waals surface area contributed by atoms with E-state index in [9.17, 15) is 13.9 Å². The van der Waals surface area contributed by atoms with Gasteiger partial charge in [0, 0.05) is 5.56 Å². The summed E-state index contributed by atoms with van der Waals surface area (Å²) in [6, 6.07) is 6.40. The lowest BCUT2D eigenvalue weighted by atomic mass is 9.75. The highest BCUT2D eigenvalue weighted by molar-refractivity contribution is 5.32. The molecule has 3 nitrogen and oxygen atoms in total. The lowest BCUT2D eigenvalue weighted by Crippen LogP contribution is -2.25. The highest BCUT2D eigenvalue weighted by Gasteiger charge is 2.31. The smallest absolute Gasteiger partial charge is 0.200 e. The molecule has 2 aromatic rings. The van der Waals surface area contributed by atoms with Crippen LogP contribution in [0.3, 0.4) is 0 Å². The van der Waals surface area contributed by atoms with E-state index in [4.69, 9.17) is 9.47 Å². The molecule has 226 valence electrons. The molecule has 0 heterocycles. The van der Waals surface area contributed by atoms with Crippen LogP contribution in [0.15, 0.2) is 36.9 Å². The van der Waals surface area contributed by atoms with Crippen molar-refractivity contribution in [2.45, 2.75) is 115 Å². The zero-order valence-corrected chi connectivity index (χ0v) is 24.2. The zero-order chi connectivity index (χ0) is 29.4. The minimum absolute atomic E-state index is 0.0177. The van der Waals surface area contributed by atoms with E-state index in [1.807, 2.05) is 0 Å². The Hall–Kier alpha value is -2.38. The molecule has 0 bridgehead atoms. The Bertz CT molecular complexity index is 1140. The molecule has 2 aliphatic carbocycles. The molecule has 7 heteroatoms. The van der Waals surface area contributed by atoms with Crippen molar-refractivity contribution in [3.8, 4) is 5.75 Å². The molecular weight excluding hydrogens is 532 g/mol. The lowest BCUT2D eigenvalue weighted by Gasteiger charge is -2.32. The number of rotatable bonds is 13. The van der Waals surface area contributed by atoms with Gasteiger partial charge in [0.1, 0.15) is 0 Å². The number of hydrogen-bond donors (Lipinski definition) is 1. The Morgan fingerprint density at radius 1 is 0.854 bits per heavy atom. The second-order valence-electron chi connectivity index (χ2n) is 11.8. The standard InChI is InChI=1S/C34H44F4O3/c1-3-5-6-20-40-30-19-14-25(31(35)34(30)38)21-41-26-15-12-23(13-16-26)28-18-17-27(32(36)33(28)37)22-8-10-24(11-9-22)29(39)7-4-2/h3,14,17-19,22-24,26,29,39H,1,4-13,15-16,20-21H2,2H3. The van der Waals surface area contributed by atoms with Gasteiger partial charge in [0.25, 0.3) is 0 Å². The lowest BCUT2D eigenvalue weighted by molar-refractivity contribution is 0.0116. The summed E-state index contributed by atoms with van der Waals surface area (Å²) in [7, 11) is 0. The third-order valence-electron chi connectivity index (χ3n) is 9.01. The highest BCUT2D eigenvalue weighted by atomic mass is 19.2. The number of aliphatic hydroxyl groups is 1. The highest BCUT2D eigenvalue weighted by Crippen LogP contribution is 2.42. The summed E-state index contributed by atoms with van der Waals surface area (Å²) in [5, 5.41) is 10.3. The van der Waals surface area contributed by atoms with Crippen LogP contribution in [0.4, 0.5) is 17.6 Å². The van der Waals surface area contributed by atoms with Crippen LogP contribution in [0.2, 0.25) is 0 Å². The number of halogens is 4. The molecule has 2 aliphatic rings. The van der Waals surface area contributed by atoms with Crippen LogP contribution in [0.1, 0.15) is 112 Å². The summed E-state index contributed by atoms with van der Waals surface area (Å²) in [6.07, 6.45) is 10.1. The molecule has 1 N–H and O–H groups in total. The van der Waals surface area contributed by atoms with Gasteiger partial charge in [-0.25, -0.2) is 13.2 Å². The predicted octanol–water partition coefficient (Wildman–Crippen LogP) is 9.27. The van der Waals surface area contributed by atoms with Crippen LogP contribution < -0.4 is 4.74 Å². The number of aliphatic hydroxyl groups excluding tert-OH is 1. The van der Waals surface area contributed by atoms with Gasteiger partial charge in [0.05, 0.1) is 25.4 Å².